The number of pyridine rings is 1. The first kappa shape index (κ1) is 10.2. The van der Waals surface area contributed by atoms with Crippen LogP contribution in [0.1, 0.15) is 0 Å². The van der Waals surface area contributed by atoms with Gasteiger partial charge in [0.25, 0.3) is 0 Å². The Kier molecular flexibility index (Phi) is 3.06. The summed E-state index contributed by atoms with van der Waals surface area (Å²) in [5.41, 5.74) is 0. The van der Waals surface area contributed by atoms with E-state index in [1.807, 2.05) is 18.2 Å². The van der Waals surface area contributed by atoms with E-state index in [-0.39, 0.29) is 0 Å². The number of likely N-dealkylation sites (N-methyl/N-ethyl adjacent to an activating group) is 1. The first-order chi connectivity index (χ1) is 7.29. The molecule has 1 saturated heterocycles. The van der Waals surface area contributed by atoms with Crippen molar-refractivity contribution in [2.24, 2.45) is 0 Å². The highest BCUT2D eigenvalue weighted by molar-refractivity contribution is 5.41. The Morgan fingerprint density at radius 1 is 1.20 bits per heavy atom. The summed E-state index contributed by atoms with van der Waals surface area (Å²) in [6, 6.07) is 5.90. The molecule has 4 nitrogen and oxygen atoms in total. The standard InChI is InChI=1S/C11H17N3O/c1-13-6-8-14(9-7-13)10-4-3-5-11(12-10)15-2/h3-5H,6-9H2,1-2H3. The number of piperazine rings is 1. The Balaban J connectivity index is 2.08. The summed E-state index contributed by atoms with van der Waals surface area (Å²) in [4.78, 5) is 9.05. The molecule has 0 aromatic carbocycles. The van der Waals surface area contributed by atoms with Gasteiger partial charge in [-0.25, -0.2) is 0 Å². The van der Waals surface area contributed by atoms with Crippen LogP contribution in [-0.4, -0.2) is 50.2 Å². The quantitative estimate of drug-likeness (QED) is 0.718. The van der Waals surface area contributed by atoms with Gasteiger partial charge in [-0.15, -0.1) is 0 Å². The molecular weight excluding hydrogens is 190 g/mol. The number of rotatable bonds is 2. The highest BCUT2D eigenvalue weighted by Gasteiger charge is 2.15. The van der Waals surface area contributed by atoms with Gasteiger partial charge >= 0.3 is 0 Å². The van der Waals surface area contributed by atoms with Crippen molar-refractivity contribution < 1.29 is 4.74 Å². The number of methoxy groups -OCH3 is 1. The van der Waals surface area contributed by atoms with Crippen LogP contribution in [0.3, 0.4) is 0 Å². The van der Waals surface area contributed by atoms with Crippen LogP contribution in [0.4, 0.5) is 5.82 Å². The molecule has 1 fully saturated rings. The minimum Gasteiger partial charge on any atom is -0.481 e. The van der Waals surface area contributed by atoms with Crippen molar-refractivity contribution in [2.75, 3.05) is 45.2 Å². The fourth-order valence-corrected chi connectivity index (χ4v) is 1.73. The molecule has 0 radical (unpaired) electrons. The minimum absolute atomic E-state index is 0.687. The van der Waals surface area contributed by atoms with Crippen LogP contribution >= 0.6 is 0 Å². The highest BCUT2D eigenvalue weighted by atomic mass is 16.5. The SMILES string of the molecule is COc1cccc(N2CCN(C)CC2)n1. The molecule has 0 bridgehead atoms. The highest BCUT2D eigenvalue weighted by Crippen LogP contribution is 2.16. The fourth-order valence-electron chi connectivity index (χ4n) is 1.73. The molecule has 0 aliphatic carbocycles. The van der Waals surface area contributed by atoms with Crippen molar-refractivity contribution in [1.82, 2.24) is 9.88 Å². The predicted molar refractivity (Wildman–Crippen MR) is 60.5 cm³/mol. The third-order valence-electron chi connectivity index (χ3n) is 2.75. The van der Waals surface area contributed by atoms with Gasteiger partial charge in [-0.3, -0.25) is 0 Å². The normalized spacial score (nSPS) is 17.9. The molecule has 1 aromatic heterocycles. The van der Waals surface area contributed by atoms with Gasteiger partial charge in [0, 0.05) is 32.2 Å². The average molecular weight is 207 g/mol. The van der Waals surface area contributed by atoms with Crippen LogP contribution in [0.5, 0.6) is 5.88 Å². The molecule has 0 unspecified atom stereocenters. The smallest absolute Gasteiger partial charge is 0.214 e. The summed E-state index contributed by atoms with van der Waals surface area (Å²) < 4.78 is 5.12. The summed E-state index contributed by atoms with van der Waals surface area (Å²) in [5, 5.41) is 0. The molecule has 1 aliphatic rings. The number of nitrogens with zero attached hydrogens (tertiary/aromatic N) is 3. The van der Waals surface area contributed by atoms with Crippen LogP contribution in [-0.2, 0) is 0 Å². The summed E-state index contributed by atoms with van der Waals surface area (Å²) in [6.45, 7) is 4.27. The lowest BCUT2D eigenvalue weighted by Gasteiger charge is -2.33. The van der Waals surface area contributed by atoms with Gasteiger partial charge in [0.1, 0.15) is 5.82 Å². The van der Waals surface area contributed by atoms with Crippen molar-refractivity contribution in [3.05, 3.63) is 18.2 Å². The second kappa shape index (κ2) is 4.49. The molecule has 1 aromatic rings. The van der Waals surface area contributed by atoms with E-state index in [0.717, 1.165) is 32.0 Å². The minimum atomic E-state index is 0.687. The number of aromatic nitrogens is 1. The lowest BCUT2D eigenvalue weighted by atomic mass is 10.3. The van der Waals surface area contributed by atoms with E-state index in [1.54, 1.807) is 7.11 Å². The monoisotopic (exact) mass is 207 g/mol. The third-order valence-corrected chi connectivity index (χ3v) is 2.75. The van der Waals surface area contributed by atoms with Gasteiger partial charge in [-0.05, 0) is 13.1 Å². The molecule has 4 heteroatoms. The Morgan fingerprint density at radius 2 is 1.93 bits per heavy atom. The largest absolute Gasteiger partial charge is 0.481 e. The fraction of sp³-hybridized carbons (Fsp3) is 0.545. The lowest BCUT2D eigenvalue weighted by molar-refractivity contribution is 0.311. The van der Waals surface area contributed by atoms with Gasteiger partial charge in [0.15, 0.2) is 0 Å². The van der Waals surface area contributed by atoms with Crippen LogP contribution in [0, 0.1) is 0 Å². The zero-order valence-corrected chi connectivity index (χ0v) is 9.31. The van der Waals surface area contributed by atoms with E-state index in [4.69, 9.17) is 4.74 Å². The van der Waals surface area contributed by atoms with E-state index in [9.17, 15) is 0 Å². The molecule has 82 valence electrons. The van der Waals surface area contributed by atoms with Crippen molar-refractivity contribution in [3.8, 4) is 5.88 Å². The van der Waals surface area contributed by atoms with E-state index >= 15 is 0 Å². The zero-order chi connectivity index (χ0) is 10.7. The maximum Gasteiger partial charge on any atom is 0.214 e. The maximum absolute atomic E-state index is 5.12. The molecule has 2 rings (SSSR count). The summed E-state index contributed by atoms with van der Waals surface area (Å²) in [6.07, 6.45) is 0. The Hall–Kier alpha value is -1.29. The first-order valence-corrected chi connectivity index (χ1v) is 5.24. The van der Waals surface area contributed by atoms with Gasteiger partial charge in [0.2, 0.25) is 5.88 Å². The molecule has 15 heavy (non-hydrogen) atoms. The van der Waals surface area contributed by atoms with Crippen molar-refractivity contribution in [3.63, 3.8) is 0 Å². The molecule has 0 amide bonds. The van der Waals surface area contributed by atoms with E-state index in [0.29, 0.717) is 5.88 Å². The average Bonchev–Trinajstić information content (AvgIpc) is 2.30. The number of ether oxygens (including phenoxy) is 1. The Bertz CT molecular complexity index is 321. The predicted octanol–water partition coefficient (Wildman–Crippen LogP) is 0.842. The topological polar surface area (TPSA) is 28.6 Å². The molecular formula is C11H17N3O. The molecule has 0 saturated carbocycles. The van der Waals surface area contributed by atoms with Gasteiger partial charge < -0.3 is 14.5 Å². The Labute approximate surface area is 90.5 Å². The first-order valence-electron chi connectivity index (χ1n) is 5.24. The van der Waals surface area contributed by atoms with Gasteiger partial charge in [-0.2, -0.15) is 4.98 Å². The molecule has 0 N–H and O–H groups in total. The molecule has 0 atom stereocenters. The van der Waals surface area contributed by atoms with Crippen LogP contribution in [0.25, 0.3) is 0 Å². The molecule has 1 aliphatic heterocycles. The second-order valence-corrected chi connectivity index (χ2v) is 3.83. The lowest BCUT2D eigenvalue weighted by Crippen LogP contribution is -2.44. The molecule has 2 heterocycles. The summed E-state index contributed by atoms with van der Waals surface area (Å²) >= 11 is 0. The van der Waals surface area contributed by atoms with Crippen molar-refractivity contribution >= 4 is 5.82 Å². The van der Waals surface area contributed by atoms with E-state index < -0.39 is 0 Å². The van der Waals surface area contributed by atoms with Crippen LogP contribution < -0.4 is 9.64 Å². The number of hydrogen-bond donors (Lipinski definition) is 0. The van der Waals surface area contributed by atoms with Crippen LogP contribution in [0.2, 0.25) is 0 Å². The van der Waals surface area contributed by atoms with Crippen molar-refractivity contribution in [2.45, 2.75) is 0 Å². The van der Waals surface area contributed by atoms with E-state index in [2.05, 4.69) is 21.8 Å². The number of anilines is 1. The zero-order valence-electron chi connectivity index (χ0n) is 9.31. The second-order valence-electron chi connectivity index (χ2n) is 3.83. The summed E-state index contributed by atoms with van der Waals surface area (Å²) in [7, 11) is 3.80. The van der Waals surface area contributed by atoms with E-state index in [1.165, 1.54) is 0 Å². The van der Waals surface area contributed by atoms with Gasteiger partial charge in [0.05, 0.1) is 7.11 Å². The van der Waals surface area contributed by atoms with Gasteiger partial charge in [-0.1, -0.05) is 6.07 Å². The van der Waals surface area contributed by atoms with Crippen molar-refractivity contribution in [1.29, 1.82) is 0 Å². The van der Waals surface area contributed by atoms with Crippen LogP contribution in [0.15, 0.2) is 18.2 Å². The Morgan fingerprint density at radius 3 is 2.60 bits per heavy atom. The summed E-state index contributed by atoms with van der Waals surface area (Å²) in [5.74, 6) is 1.70. The maximum atomic E-state index is 5.12. The molecule has 0 spiro atoms. The third kappa shape index (κ3) is 2.39. The number of hydrogen-bond acceptors (Lipinski definition) is 4.